The maximum atomic E-state index is 12.0. The van der Waals surface area contributed by atoms with E-state index in [9.17, 15) is 4.79 Å². The molecule has 3 heterocycles. The van der Waals surface area contributed by atoms with E-state index in [1.807, 2.05) is 0 Å². The number of hydrogen-bond acceptors (Lipinski definition) is 5. The second-order valence-corrected chi connectivity index (χ2v) is 6.98. The van der Waals surface area contributed by atoms with Crippen molar-refractivity contribution in [2.24, 2.45) is 5.92 Å². The van der Waals surface area contributed by atoms with E-state index in [0.29, 0.717) is 6.04 Å². The molecule has 1 saturated heterocycles. The fourth-order valence-corrected chi connectivity index (χ4v) is 3.61. The molecule has 0 spiro atoms. The summed E-state index contributed by atoms with van der Waals surface area (Å²) < 4.78 is 0. The predicted molar refractivity (Wildman–Crippen MR) is 83.7 cm³/mol. The topological polar surface area (TPSA) is 58.1 Å². The molecule has 110 valence electrons. The van der Waals surface area contributed by atoms with Gasteiger partial charge in [-0.1, -0.05) is 6.92 Å². The second-order valence-electron chi connectivity index (χ2n) is 5.87. The van der Waals surface area contributed by atoms with E-state index >= 15 is 0 Å². The maximum absolute atomic E-state index is 12.0. The molecule has 6 heteroatoms. The molecule has 1 N–H and O–H groups in total. The van der Waals surface area contributed by atoms with Gasteiger partial charge in [-0.2, -0.15) is 0 Å². The third kappa shape index (κ3) is 2.37. The number of fused-ring (bicyclic) bond motifs is 1. The fraction of sp³-hybridized carbons (Fsp3) is 0.533. The van der Waals surface area contributed by atoms with Gasteiger partial charge in [0.2, 0.25) is 5.91 Å². The number of thiophene rings is 1. The van der Waals surface area contributed by atoms with E-state index < -0.39 is 0 Å². The van der Waals surface area contributed by atoms with Crippen LogP contribution >= 0.6 is 11.3 Å². The van der Waals surface area contributed by atoms with Gasteiger partial charge in [-0.05, 0) is 25.3 Å². The van der Waals surface area contributed by atoms with Crippen LogP contribution in [0.1, 0.15) is 24.6 Å². The lowest BCUT2D eigenvalue weighted by molar-refractivity contribution is -0.125. The Balaban J connectivity index is 1.50. The quantitative estimate of drug-likeness (QED) is 0.938. The van der Waals surface area contributed by atoms with Gasteiger partial charge in [0.25, 0.3) is 0 Å². The number of carbonyl (C=O) groups is 1. The zero-order valence-corrected chi connectivity index (χ0v) is 12.8. The lowest BCUT2D eigenvalue weighted by Crippen LogP contribution is -2.54. The van der Waals surface area contributed by atoms with E-state index in [1.54, 1.807) is 17.7 Å². The first-order valence-corrected chi connectivity index (χ1v) is 8.35. The molecule has 1 saturated carbocycles. The van der Waals surface area contributed by atoms with Crippen molar-refractivity contribution in [2.45, 2.75) is 32.2 Å². The largest absolute Gasteiger partial charge is 0.354 e. The molecule has 0 unspecified atom stereocenters. The van der Waals surface area contributed by atoms with Crippen molar-refractivity contribution in [3.05, 3.63) is 17.3 Å². The number of rotatable bonds is 4. The van der Waals surface area contributed by atoms with Crippen molar-refractivity contribution in [3.8, 4) is 0 Å². The number of hydrogen-bond donors (Lipinski definition) is 1. The highest BCUT2D eigenvalue weighted by atomic mass is 32.1. The Kier molecular flexibility index (Phi) is 3.06. The van der Waals surface area contributed by atoms with E-state index in [4.69, 9.17) is 0 Å². The first-order chi connectivity index (χ1) is 10.2. The first kappa shape index (κ1) is 13.0. The minimum atomic E-state index is 0.111. The van der Waals surface area contributed by atoms with Gasteiger partial charge in [-0.25, -0.2) is 9.97 Å². The molecule has 0 aromatic carbocycles. The summed E-state index contributed by atoms with van der Waals surface area (Å²) in [6.07, 6.45) is 4.94. The second kappa shape index (κ2) is 4.94. The number of aryl methyl sites for hydroxylation is 1. The maximum Gasteiger partial charge on any atom is 0.226 e. The first-order valence-electron chi connectivity index (χ1n) is 7.53. The van der Waals surface area contributed by atoms with Gasteiger partial charge in [0.15, 0.2) is 0 Å². The molecule has 0 atom stereocenters. The molecule has 2 fully saturated rings. The summed E-state index contributed by atoms with van der Waals surface area (Å²) in [5.41, 5.74) is 0. The summed E-state index contributed by atoms with van der Waals surface area (Å²) >= 11 is 1.73. The average molecular weight is 302 g/mol. The number of nitrogens with one attached hydrogen (secondary N) is 1. The van der Waals surface area contributed by atoms with E-state index in [-0.39, 0.29) is 11.8 Å². The van der Waals surface area contributed by atoms with Crippen LogP contribution in [0.15, 0.2) is 12.4 Å². The highest BCUT2D eigenvalue weighted by Gasteiger charge is 2.36. The van der Waals surface area contributed by atoms with Crippen molar-refractivity contribution in [2.75, 3.05) is 18.0 Å². The Morgan fingerprint density at radius 1 is 1.43 bits per heavy atom. The Labute approximate surface area is 127 Å². The SMILES string of the molecule is CCc1cc2c(N3CC(C(=O)NC4CC4)C3)ncnc2s1. The summed E-state index contributed by atoms with van der Waals surface area (Å²) in [5.74, 6) is 1.30. The van der Waals surface area contributed by atoms with E-state index in [2.05, 4.69) is 33.2 Å². The summed E-state index contributed by atoms with van der Waals surface area (Å²) in [7, 11) is 0. The highest BCUT2D eigenvalue weighted by molar-refractivity contribution is 7.18. The van der Waals surface area contributed by atoms with Crippen LogP contribution in [0, 0.1) is 5.92 Å². The normalized spacial score (nSPS) is 18.8. The summed E-state index contributed by atoms with van der Waals surface area (Å²) in [4.78, 5) is 25.3. The molecular weight excluding hydrogens is 284 g/mol. The Morgan fingerprint density at radius 3 is 2.95 bits per heavy atom. The summed E-state index contributed by atoms with van der Waals surface area (Å²) in [6, 6.07) is 2.63. The van der Waals surface area contributed by atoms with E-state index in [0.717, 1.165) is 48.4 Å². The molecule has 0 radical (unpaired) electrons. The molecule has 5 nitrogen and oxygen atoms in total. The molecule has 1 aliphatic heterocycles. The summed E-state index contributed by atoms with van der Waals surface area (Å²) in [5, 5.41) is 4.21. The van der Waals surface area contributed by atoms with Gasteiger partial charge in [-0.15, -0.1) is 11.3 Å². The monoisotopic (exact) mass is 302 g/mol. The predicted octanol–water partition coefficient (Wildman–Crippen LogP) is 1.97. The van der Waals surface area contributed by atoms with Crippen LogP contribution in [0.4, 0.5) is 5.82 Å². The molecule has 0 bridgehead atoms. The minimum absolute atomic E-state index is 0.111. The number of carbonyl (C=O) groups excluding carboxylic acids is 1. The molecule has 4 rings (SSSR count). The van der Waals surface area contributed by atoms with Gasteiger partial charge in [0.1, 0.15) is 17.0 Å². The highest BCUT2D eigenvalue weighted by Crippen LogP contribution is 2.33. The number of nitrogens with zero attached hydrogens (tertiary/aromatic N) is 3. The number of amides is 1. The van der Waals surface area contributed by atoms with Crippen LogP contribution in [0.2, 0.25) is 0 Å². The van der Waals surface area contributed by atoms with Crippen LogP contribution in [0.5, 0.6) is 0 Å². The molecule has 2 aromatic heterocycles. The molecule has 2 aromatic rings. The molecule has 1 amide bonds. The van der Waals surface area contributed by atoms with Gasteiger partial charge in [0, 0.05) is 24.0 Å². The van der Waals surface area contributed by atoms with Crippen LogP contribution in [0.3, 0.4) is 0 Å². The third-order valence-electron chi connectivity index (χ3n) is 4.18. The third-order valence-corrected chi connectivity index (χ3v) is 5.37. The average Bonchev–Trinajstić information content (AvgIpc) is 3.13. The van der Waals surface area contributed by atoms with Crippen molar-refractivity contribution >= 4 is 33.3 Å². The Bertz CT molecular complexity index is 688. The minimum Gasteiger partial charge on any atom is -0.354 e. The molecule has 1 aliphatic carbocycles. The van der Waals surface area contributed by atoms with Gasteiger partial charge in [-0.3, -0.25) is 4.79 Å². The Hall–Kier alpha value is -1.69. The van der Waals surface area contributed by atoms with Crippen molar-refractivity contribution < 1.29 is 4.79 Å². The number of aromatic nitrogens is 2. The van der Waals surface area contributed by atoms with Gasteiger partial charge >= 0.3 is 0 Å². The lowest BCUT2D eigenvalue weighted by Gasteiger charge is -2.39. The van der Waals surface area contributed by atoms with Crippen LogP contribution in [0.25, 0.3) is 10.2 Å². The van der Waals surface area contributed by atoms with Crippen molar-refractivity contribution in [3.63, 3.8) is 0 Å². The van der Waals surface area contributed by atoms with Crippen LogP contribution in [-0.4, -0.2) is 35.0 Å². The van der Waals surface area contributed by atoms with E-state index in [1.165, 1.54) is 4.88 Å². The smallest absolute Gasteiger partial charge is 0.226 e. The lowest BCUT2D eigenvalue weighted by atomic mass is 9.99. The van der Waals surface area contributed by atoms with Crippen molar-refractivity contribution in [1.29, 1.82) is 0 Å². The van der Waals surface area contributed by atoms with Crippen LogP contribution < -0.4 is 10.2 Å². The Morgan fingerprint density at radius 2 is 2.24 bits per heavy atom. The standard InChI is InChI=1S/C15H18N4OS/c1-2-11-5-12-13(16-8-17-15(12)21-11)19-6-9(7-19)14(20)18-10-3-4-10/h5,8-10H,2-4,6-7H2,1H3,(H,18,20). The summed E-state index contributed by atoms with van der Waals surface area (Å²) in [6.45, 7) is 3.68. The zero-order chi connectivity index (χ0) is 14.4. The molecule has 21 heavy (non-hydrogen) atoms. The van der Waals surface area contributed by atoms with Gasteiger partial charge < -0.3 is 10.2 Å². The van der Waals surface area contributed by atoms with Gasteiger partial charge in [0.05, 0.1) is 11.3 Å². The molecule has 2 aliphatic rings. The van der Waals surface area contributed by atoms with Crippen LogP contribution in [-0.2, 0) is 11.2 Å². The van der Waals surface area contributed by atoms with Crippen molar-refractivity contribution in [1.82, 2.24) is 15.3 Å². The zero-order valence-electron chi connectivity index (χ0n) is 12.0. The molecular formula is C15H18N4OS. The number of anilines is 1. The fourth-order valence-electron chi connectivity index (χ4n) is 2.68.